The number of aromatic hydroxyl groups is 1. The number of halogens is 1. The molecule has 0 fully saturated rings. The average molecular weight is 515 g/mol. The van der Waals surface area contributed by atoms with Gasteiger partial charge in [0.15, 0.2) is 17.5 Å². The second kappa shape index (κ2) is 13.0. The van der Waals surface area contributed by atoms with Crippen molar-refractivity contribution in [3.8, 4) is 23.0 Å². The molecule has 29 heavy (non-hydrogen) atoms. The summed E-state index contributed by atoms with van der Waals surface area (Å²) in [4.78, 5) is 6.65. The van der Waals surface area contributed by atoms with E-state index in [-0.39, 0.29) is 29.7 Å². The summed E-state index contributed by atoms with van der Waals surface area (Å²) in [5.41, 5.74) is 0.900. The van der Waals surface area contributed by atoms with Crippen LogP contribution >= 0.6 is 24.0 Å². The molecule has 7 nitrogen and oxygen atoms in total. The highest BCUT2D eigenvalue weighted by Gasteiger charge is 2.07. The number of guanidine groups is 1. The zero-order valence-corrected chi connectivity index (χ0v) is 19.7. The van der Waals surface area contributed by atoms with Crippen LogP contribution in [0, 0.1) is 0 Å². The van der Waals surface area contributed by atoms with Gasteiger partial charge >= 0.3 is 0 Å². The molecule has 0 aliphatic carbocycles. The molecule has 0 amide bonds. The molecule has 0 aliphatic heterocycles. The molecule has 2 rings (SSSR count). The Morgan fingerprint density at radius 3 is 2.34 bits per heavy atom. The maximum atomic E-state index is 9.90. The summed E-state index contributed by atoms with van der Waals surface area (Å²) in [6.07, 6.45) is 0. The number of benzene rings is 2. The van der Waals surface area contributed by atoms with Crippen LogP contribution in [0.1, 0.15) is 12.5 Å². The number of aliphatic imine (C=N–C) groups is 1. The van der Waals surface area contributed by atoms with Crippen molar-refractivity contribution in [2.75, 3.05) is 41.0 Å². The van der Waals surface area contributed by atoms with Gasteiger partial charge in [-0.05, 0) is 48.9 Å². The fourth-order valence-corrected chi connectivity index (χ4v) is 2.55. The molecule has 0 atom stereocenters. The maximum absolute atomic E-state index is 9.90. The zero-order valence-electron chi connectivity index (χ0n) is 17.3. The Balaban J connectivity index is 0.00000420. The minimum Gasteiger partial charge on any atom is -0.504 e. The van der Waals surface area contributed by atoms with Crippen LogP contribution in [0.5, 0.6) is 23.0 Å². The lowest BCUT2D eigenvalue weighted by Crippen LogP contribution is -2.40. The lowest BCUT2D eigenvalue weighted by Gasteiger charge is -2.22. The molecule has 0 saturated carbocycles. The van der Waals surface area contributed by atoms with Crippen LogP contribution in [0.4, 0.5) is 0 Å². The molecule has 160 valence electrons. The number of likely N-dealkylation sites (N-methyl/N-ethyl adjacent to an activating group) is 1. The van der Waals surface area contributed by atoms with Crippen molar-refractivity contribution in [1.29, 1.82) is 0 Å². The minimum atomic E-state index is 0. The predicted molar refractivity (Wildman–Crippen MR) is 126 cm³/mol. The monoisotopic (exact) mass is 515 g/mol. The van der Waals surface area contributed by atoms with Gasteiger partial charge in [-0.3, -0.25) is 0 Å². The third-order valence-electron chi connectivity index (χ3n) is 4.11. The van der Waals surface area contributed by atoms with Crippen molar-refractivity contribution in [2.24, 2.45) is 4.99 Å². The van der Waals surface area contributed by atoms with Crippen LogP contribution in [-0.4, -0.2) is 56.9 Å². The molecule has 0 unspecified atom stereocenters. The van der Waals surface area contributed by atoms with Gasteiger partial charge < -0.3 is 29.5 Å². The summed E-state index contributed by atoms with van der Waals surface area (Å²) in [7, 11) is 5.13. The van der Waals surface area contributed by atoms with Crippen molar-refractivity contribution in [3.05, 3.63) is 48.0 Å². The van der Waals surface area contributed by atoms with E-state index in [9.17, 15) is 5.11 Å². The van der Waals surface area contributed by atoms with E-state index in [0.29, 0.717) is 25.4 Å². The van der Waals surface area contributed by atoms with Crippen molar-refractivity contribution in [3.63, 3.8) is 0 Å². The molecule has 0 heterocycles. The molecule has 2 aromatic carbocycles. The first-order valence-corrected chi connectivity index (χ1v) is 9.19. The standard InChI is InChI=1S/C21H29N3O4.HI/c1-5-22-21(23-15-16-6-11-20(27-4)19(25)14-16)24(2)12-13-28-18-9-7-17(26-3)8-10-18;/h6-11,14,25H,5,12-13,15H2,1-4H3,(H,22,23);1H. The SMILES string of the molecule is CCNC(=NCc1ccc(OC)c(O)c1)N(C)CCOc1ccc(OC)cc1.I. The smallest absolute Gasteiger partial charge is 0.194 e. The van der Waals surface area contributed by atoms with Gasteiger partial charge in [-0.25, -0.2) is 4.99 Å². The zero-order chi connectivity index (χ0) is 20.4. The van der Waals surface area contributed by atoms with Gasteiger partial charge in [-0.1, -0.05) is 6.07 Å². The van der Waals surface area contributed by atoms with Gasteiger partial charge in [-0.2, -0.15) is 0 Å². The highest BCUT2D eigenvalue weighted by Crippen LogP contribution is 2.26. The molecule has 0 saturated heterocycles. The number of nitrogens with one attached hydrogen (secondary N) is 1. The molecule has 0 aromatic heterocycles. The Labute approximate surface area is 189 Å². The summed E-state index contributed by atoms with van der Waals surface area (Å²) in [5.74, 6) is 2.94. The fraction of sp³-hybridized carbons (Fsp3) is 0.381. The molecule has 2 aromatic rings. The Bertz CT molecular complexity index is 769. The Morgan fingerprint density at radius 1 is 1.07 bits per heavy atom. The topological polar surface area (TPSA) is 75.6 Å². The second-order valence-electron chi connectivity index (χ2n) is 6.12. The summed E-state index contributed by atoms with van der Waals surface area (Å²) in [6, 6.07) is 12.8. The second-order valence-corrected chi connectivity index (χ2v) is 6.12. The summed E-state index contributed by atoms with van der Waals surface area (Å²) in [6.45, 7) is 4.43. The van der Waals surface area contributed by atoms with Crippen LogP contribution in [0.2, 0.25) is 0 Å². The van der Waals surface area contributed by atoms with E-state index in [1.54, 1.807) is 19.2 Å². The molecule has 0 radical (unpaired) electrons. The van der Waals surface area contributed by atoms with E-state index < -0.39 is 0 Å². The van der Waals surface area contributed by atoms with Crippen LogP contribution < -0.4 is 19.5 Å². The van der Waals surface area contributed by atoms with Crippen molar-refractivity contribution < 1.29 is 19.3 Å². The van der Waals surface area contributed by atoms with E-state index in [0.717, 1.165) is 29.6 Å². The Morgan fingerprint density at radius 2 is 1.76 bits per heavy atom. The third-order valence-corrected chi connectivity index (χ3v) is 4.11. The average Bonchev–Trinajstić information content (AvgIpc) is 2.71. The number of nitrogens with zero attached hydrogens (tertiary/aromatic N) is 2. The number of hydrogen-bond donors (Lipinski definition) is 2. The summed E-state index contributed by atoms with van der Waals surface area (Å²) >= 11 is 0. The first-order chi connectivity index (χ1) is 13.6. The van der Waals surface area contributed by atoms with Gasteiger partial charge in [0.25, 0.3) is 0 Å². The van der Waals surface area contributed by atoms with E-state index in [2.05, 4.69) is 10.3 Å². The van der Waals surface area contributed by atoms with Gasteiger partial charge in [-0.15, -0.1) is 24.0 Å². The van der Waals surface area contributed by atoms with Crippen LogP contribution in [0.3, 0.4) is 0 Å². The van der Waals surface area contributed by atoms with Gasteiger partial charge in [0, 0.05) is 13.6 Å². The molecular formula is C21H30IN3O4. The van der Waals surface area contributed by atoms with E-state index >= 15 is 0 Å². The third kappa shape index (κ3) is 7.88. The van der Waals surface area contributed by atoms with Crippen molar-refractivity contribution in [1.82, 2.24) is 10.2 Å². The Kier molecular flexibility index (Phi) is 11.0. The summed E-state index contributed by atoms with van der Waals surface area (Å²) < 4.78 is 16.0. The first-order valence-electron chi connectivity index (χ1n) is 9.19. The summed E-state index contributed by atoms with van der Waals surface area (Å²) in [5, 5.41) is 13.2. The highest BCUT2D eigenvalue weighted by atomic mass is 127. The number of phenolic OH excluding ortho intramolecular Hbond substituents is 1. The van der Waals surface area contributed by atoms with Crippen LogP contribution in [-0.2, 0) is 6.54 Å². The van der Waals surface area contributed by atoms with Crippen LogP contribution in [0.25, 0.3) is 0 Å². The maximum Gasteiger partial charge on any atom is 0.194 e. The first kappa shape index (κ1) is 24.7. The van der Waals surface area contributed by atoms with Crippen LogP contribution in [0.15, 0.2) is 47.5 Å². The molecular weight excluding hydrogens is 485 g/mol. The molecule has 0 aliphatic rings. The number of methoxy groups -OCH3 is 2. The van der Waals surface area contributed by atoms with E-state index in [1.165, 1.54) is 7.11 Å². The quantitative estimate of drug-likeness (QED) is 0.303. The number of rotatable bonds is 9. The van der Waals surface area contributed by atoms with E-state index in [4.69, 9.17) is 14.2 Å². The molecule has 0 spiro atoms. The number of hydrogen-bond acceptors (Lipinski definition) is 5. The normalized spacial score (nSPS) is 10.7. The van der Waals surface area contributed by atoms with Gasteiger partial charge in [0.1, 0.15) is 18.1 Å². The molecule has 2 N–H and O–H groups in total. The number of ether oxygens (including phenoxy) is 3. The predicted octanol–water partition coefficient (Wildman–Crippen LogP) is 3.50. The highest BCUT2D eigenvalue weighted by molar-refractivity contribution is 14.0. The largest absolute Gasteiger partial charge is 0.504 e. The van der Waals surface area contributed by atoms with E-state index in [1.807, 2.05) is 49.2 Å². The van der Waals surface area contributed by atoms with Gasteiger partial charge in [0.2, 0.25) is 0 Å². The molecule has 8 heteroatoms. The molecule has 0 bridgehead atoms. The lowest BCUT2D eigenvalue weighted by atomic mass is 10.2. The lowest BCUT2D eigenvalue weighted by molar-refractivity contribution is 0.281. The number of phenols is 1. The van der Waals surface area contributed by atoms with Gasteiger partial charge in [0.05, 0.1) is 27.3 Å². The van der Waals surface area contributed by atoms with Crippen molar-refractivity contribution >= 4 is 29.9 Å². The minimum absolute atomic E-state index is 0. The fourth-order valence-electron chi connectivity index (χ4n) is 2.55. The Hall–Kier alpha value is -2.36. The van der Waals surface area contributed by atoms with Crippen molar-refractivity contribution in [2.45, 2.75) is 13.5 Å².